The predicted molar refractivity (Wildman–Crippen MR) is 47.2 cm³/mol. The van der Waals surface area contributed by atoms with E-state index in [0.717, 1.165) is 13.0 Å². The minimum absolute atomic E-state index is 0.650. The molecule has 0 radical (unpaired) electrons. The second kappa shape index (κ2) is 6.81. The molecule has 0 aromatic heterocycles. The summed E-state index contributed by atoms with van der Waals surface area (Å²) in [5.41, 5.74) is 0. The Kier molecular flexibility index (Phi) is 6.61. The minimum Gasteiger partial charge on any atom is -0.314 e. The molecular weight excluding hydrogens is 122 g/mol. The standard InChI is InChI=1S/C9H19N/c1-4-7-9(6-3)10-8-5-2/h4,9-10H,1,5-8H2,2-3H3. The van der Waals surface area contributed by atoms with E-state index in [1.54, 1.807) is 0 Å². The lowest BCUT2D eigenvalue weighted by molar-refractivity contribution is 0.502. The third kappa shape index (κ3) is 4.57. The van der Waals surface area contributed by atoms with Gasteiger partial charge in [-0.15, -0.1) is 6.58 Å². The Balaban J connectivity index is 3.29. The van der Waals surface area contributed by atoms with Crippen molar-refractivity contribution in [2.45, 2.75) is 39.2 Å². The molecule has 0 bridgehead atoms. The van der Waals surface area contributed by atoms with Crippen molar-refractivity contribution in [3.05, 3.63) is 12.7 Å². The van der Waals surface area contributed by atoms with E-state index < -0.39 is 0 Å². The molecule has 1 unspecified atom stereocenters. The first-order valence-electron chi connectivity index (χ1n) is 4.19. The van der Waals surface area contributed by atoms with Crippen molar-refractivity contribution < 1.29 is 0 Å². The zero-order valence-electron chi connectivity index (χ0n) is 7.19. The summed E-state index contributed by atoms with van der Waals surface area (Å²) in [5.74, 6) is 0. The van der Waals surface area contributed by atoms with E-state index in [4.69, 9.17) is 0 Å². The summed E-state index contributed by atoms with van der Waals surface area (Å²) in [4.78, 5) is 0. The van der Waals surface area contributed by atoms with Gasteiger partial charge in [0.25, 0.3) is 0 Å². The number of hydrogen-bond donors (Lipinski definition) is 1. The minimum atomic E-state index is 0.650. The summed E-state index contributed by atoms with van der Waals surface area (Å²) in [6.07, 6.45) is 5.49. The number of rotatable bonds is 6. The van der Waals surface area contributed by atoms with Gasteiger partial charge in [0.1, 0.15) is 0 Å². The van der Waals surface area contributed by atoms with Gasteiger partial charge in [0.15, 0.2) is 0 Å². The van der Waals surface area contributed by atoms with Gasteiger partial charge in [-0.05, 0) is 25.8 Å². The lowest BCUT2D eigenvalue weighted by Gasteiger charge is -2.13. The fraction of sp³-hybridized carbons (Fsp3) is 0.778. The maximum atomic E-state index is 3.72. The van der Waals surface area contributed by atoms with Gasteiger partial charge in [-0.2, -0.15) is 0 Å². The van der Waals surface area contributed by atoms with Gasteiger partial charge < -0.3 is 5.32 Å². The third-order valence-corrected chi connectivity index (χ3v) is 1.63. The van der Waals surface area contributed by atoms with Crippen LogP contribution < -0.4 is 5.32 Å². The molecule has 0 spiro atoms. The molecule has 1 heteroatoms. The summed E-state index contributed by atoms with van der Waals surface area (Å²) >= 11 is 0. The highest BCUT2D eigenvalue weighted by atomic mass is 14.9. The molecule has 60 valence electrons. The second-order valence-electron chi connectivity index (χ2n) is 2.58. The van der Waals surface area contributed by atoms with Crippen LogP contribution in [-0.4, -0.2) is 12.6 Å². The van der Waals surface area contributed by atoms with Gasteiger partial charge >= 0.3 is 0 Å². The van der Waals surface area contributed by atoms with Crippen LogP contribution in [0.25, 0.3) is 0 Å². The van der Waals surface area contributed by atoms with Crippen LogP contribution in [0.4, 0.5) is 0 Å². The summed E-state index contributed by atoms with van der Waals surface area (Å²) < 4.78 is 0. The molecule has 0 aromatic carbocycles. The molecule has 0 aromatic rings. The van der Waals surface area contributed by atoms with Gasteiger partial charge in [0.05, 0.1) is 0 Å². The lowest BCUT2D eigenvalue weighted by Crippen LogP contribution is -2.28. The van der Waals surface area contributed by atoms with Gasteiger partial charge in [-0.1, -0.05) is 19.9 Å². The predicted octanol–water partition coefficient (Wildman–Crippen LogP) is 2.34. The van der Waals surface area contributed by atoms with E-state index >= 15 is 0 Å². The molecule has 0 rings (SSSR count). The van der Waals surface area contributed by atoms with Gasteiger partial charge in [-0.25, -0.2) is 0 Å². The van der Waals surface area contributed by atoms with Crippen LogP contribution >= 0.6 is 0 Å². The van der Waals surface area contributed by atoms with Crippen molar-refractivity contribution in [3.63, 3.8) is 0 Å². The Morgan fingerprint density at radius 1 is 1.50 bits per heavy atom. The first kappa shape index (κ1) is 9.70. The van der Waals surface area contributed by atoms with Gasteiger partial charge in [-0.3, -0.25) is 0 Å². The maximum absolute atomic E-state index is 3.72. The van der Waals surface area contributed by atoms with Crippen molar-refractivity contribution in [2.24, 2.45) is 0 Å². The number of hydrogen-bond acceptors (Lipinski definition) is 1. The van der Waals surface area contributed by atoms with Crippen molar-refractivity contribution in [1.82, 2.24) is 5.32 Å². The van der Waals surface area contributed by atoms with Crippen LogP contribution in [-0.2, 0) is 0 Å². The summed E-state index contributed by atoms with van der Waals surface area (Å²) in [5, 5.41) is 3.45. The largest absolute Gasteiger partial charge is 0.314 e. The average Bonchev–Trinajstić information content (AvgIpc) is 1.98. The van der Waals surface area contributed by atoms with Crippen LogP contribution in [0.15, 0.2) is 12.7 Å². The van der Waals surface area contributed by atoms with E-state index in [1.165, 1.54) is 12.8 Å². The Labute approximate surface area is 64.5 Å². The molecule has 0 saturated carbocycles. The summed E-state index contributed by atoms with van der Waals surface area (Å²) in [6, 6.07) is 0.650. The van der Waals surface area contributed by atoms with Crippen molar-refractivity contribution >= 4 is 0 Å². The summed E-state index contributed by atoms with van der Waals surface area (Å²) in [6.45, 7) is 9.24. The first-order chi connectivity index (χ1) is 4.85. The topological polar surface area (TPSA) is 12.0 Å². The molecule has 1 atom stereocenters. The fourth-order valence-corrected chi connectivity index (χ4v) is 0.944. The molecule has 1 nitrogen and oxygen atoms in total. The van der Waals surface area contributed by atoms with Crippen LogP contribution in [0.3, 0.4) is 0 Å². The molecule has 1 N–H and O–H groups in total. The third-order valence-electron chi connectivity index (χ3n) is 1.63. The second-order valence-corrected chi connectivity index (χ2v) is 2.58. The molecule has 0 fully saturated rings. The molecule has 0 aliphatic carbocycles. The molecule has 0 aliphatic heterocycles. The Hall–Kier alpha value is -0.300. The van der Waals surface area contributed by atoms with E-state index in [-0.39, 0.29) is 0 Å². The van der Waals surface area contributed by atoms with Gasteiger partial charge in [0.2, 0.25) is 0 Å². The highest BCUT2D eigenvalue weighted by Gasteiger charge is 1.99. The van der Waals surface area contributed by atoms with E-state index in [0.29, 0.717) is 6.04 Å². The monoisotopic (exact) mass is 141 g/mol. The molecule has 0 heterocycles. The quantitative estimate of drug-likeness (QED) is 0.560. The molecule has 10 heavy (non-hydrogen) atoms. The summed E-state index contributed by atoms with van der Waals surface area (Å²) in [7, 11) is 0. The Morgan fingerprint density at radius 3 is 2.60 bits per heavy atom. The first-order valence-corrected chi connectivity index (χ1v) is 4.19. The van der Waals surface area contributed by atoms with Crippen LogP contribution in [0, 0.1) is 0 Å². The smallest absolute Gasteiger partial charge is 0.00988 e. The maximum Gasteiger partial charge on any atom is 0.00988 e. The van der Waals surface area contributed by atoms with Crippen molar-refractivity contribution in [2.75, 3.05) is 6.54 Å². The SMILES string of the molecule is C=CCC(CC)NCCC. The molecule has 0 amide bonds. The Bertz CT molecular complexity index is 78.8. The highest BCUT2D eigenvalue weighted by molar-refractivity contribution is 4.76. The zero-order valence-corrected chi connectivity index (χ0v) is 7.19. The average molecular weight is 141 g/mol. The highest BCUT2D eigenvalue weighted by Crippen LogP contribution is 1.97. The zero-order chi connectivity index (χ0) is 7.82. The normalized spacial score (nSPS) is 13.0. The Morgan fingerprint density at radius 2 is 2.20 bits per heavy atom. The molecular formula is C9H19N. The lowest BCUT2D eigenvalue weighted by atomic mass is 10.1. The van der Waals surface area contributed by atoms with Crippen molar-refractivity contribution in [1.29, 1.82) is 0 Å². The molecule has 0 aliphatic rings. The van der Waals surface area contributed by atoms with E-state index in [1.807, 2.05) is 6.08 Å². The van der Waals surface area contributed by atoms with E-state index in [2.05, 4.69) is 25.7 Å². The van der Waals surface area contributed by atoms with Crippen LogP contribution in [0.2, 0.25) is 0 Å². The van der Waals surface area contributed by atoms with Gasteiger partial charge in [0, 0.05) is 6.04 Å². The molecule has 0 saturated heterocycles. The fourth-order valence-electron chi connectivity index (χ4n) is 0.944. The van der Waals surface area contributed by atoms with E-state index in [9.17, 15) is 0 Å². The van der Waals surface area contributed by atoms with Crippen molar-refractivity contribution in [3.8, 4) is 0 Å². The van der Waals surface area contributed by atoms with Crippen LogP contribution in [0.1, 0.15) is 33.1 Å². The number of nitrogens with one attached hydrogen (secondary N) is 1. The van der Waals surface area contributed by atoms with Crippen LogP contribution in [0.5, 0.6) is 0 Å².